The van der Waals surface area contributed by atoms with Crippen LogP contribution in [0.3, 0.4) is 0 Å². The number of hydrogen-bond acceptors (Lipinski definition) is 3. The average molecular weight is 1600 g/mol. The fourth-order valence-corrected chi connectivity index (χ4v) is 8.12. The Morgan fingerprint density at radius 2 is 0.441 bits per heavy atom. The molecular formula is C113H39Br2NO2. The van der Waals surface area contributed by atoms with Crippen molar-refractivity contribution in [3.8, 4) is 557 Å². The van der Waals surface area contributed by atoms with Gasteiger partial charge in [0.15, 0.2) is 0 Å². The summed E-state index contributed by atoms with van der Waals surface area (Å²) in [5.74, 6) is 235. The number of halogens is 2. The first-order chi connectivity index (χ1) is 58.5. The van der Waals surface area contributed by atoms with Crippen LogP contribution in [-0.2, 0) is 4.74 Å². The Morgan fingerprint density at radius 3 is 0.602 bits per heavy atom. The highest BCUT2D eigenvalue weighted by molar-refractivity contribution is 9.25. The van der Waals surface area contributed by atoms with Gasteiger partial charge in [-0.3, -0.25) is 0 Å². The van der Waals surface area contributed by atoms with E-state index >= 15 is 0 Å². The van der Waals surface area contributed by atoms with Gasteiger partial charge in [0.25, 0.3) is 0 Å². The molecule has 3 N–H and O–H groups in total. The van der Waals surface area contributed by atoms with Crippen LogP contribution in [0.15, 0.2) is 0 Å². The van der Waals surface area contributed by atoms with Crippen LogP contribution in [0.2, 0.25) is 0 Å². The fourth-order valence-electron chi connectivity index (χ4n) is 6.19. The van der Waals surface area contributed by atoms with Gasteiger partial charge in [-0.15, -0.1) is 12.3 Å². The number of aliphatic hydroxyl groups is 1. The Bertz CT molecular complexity index is 7260. The lowest BCUT2D eigenvalue weighted by molar-refractivity contribution is 0.0887. The number of aliphatic hydroxyl groups excluding tert-OH is 1. The zero-order valence-electron chi connectivity index (χ0n) is 62.7. The number of alkyl halides is 2. The van der Waals surface area contributed by atoms with Gasteiger partial charge in [-0.2, -0.15) is 0 Å². The van der Waals surface area contributed by atoms with Crippen LogP contribution in [0.4, 0.5) is 0 Å². The summed E-state index contributed by atoms with van der Waals surface area (Å²) in [5.41, 5.74) is 5.26. The molecule has 2 fully saturated rings. The topological polar surface area (TPSA) is 55.5 Å². The monoisotopic (exact) mass is 1600 g/mol. The molecule has 2 saturated carbocycles. The van der Waals surface area contributed by atoms with Gasteiger partial charge in [-0.05, 0) is 152 Å². The van der Waals surface area contributed by atoms with Gasteiger partial charge in [0, 0.05) is 451 Å². The summed E-state index contributed by atoms with van der Waals surface area (Å²) in [4.78, 5) is 0. The van der Waals surface area contributed by atoms with E-state index in [9.17, 15) is 0 Å². The van der Waals surface area contributed by atoms with E-state index in [0.29, 0.717) is 16.6 Å². The van der Waals surface area contributed by atoms with Crippen LogP contribution in [0, 0.1) is 569 Å². The Balaban J connectivity index is 0.00000458. The van der Waals surface area contributed by atoms with Gasteiger partial charge in [0.05, 0.1) is 9.96 Å². The molecule has 118 heavy (non-hydrogen) atoms. The molecule has 0 aliphatic heterocycles. The second-order valence-electron chi connectivity index (χ2n) is 18.5. The first-order valence-electron chi connectivity index (χ1n) is 33.2. The van der Waals surface area contributed by atoms with Crippen LogP contribution in [-0.4, -0.2) is 27.8 Å². The van der Waals surface area contributed by atoms with Crippen LogP contribution in [0.25, 0.3) is 0 Å². The Morgan fingerprint density at radius 1 is 0.280 bits per heavy atom. The molecule has 0 heterocycles. The lowest BCUT2D eigenvalue weighted by Crippen LogP contribution is -2.16. The summed E-state index contributed by atoms with van der Waals surface area (Å²) in [5, 5.41) is 7.88. The van der Waals surface area contributed by atoms with E-state index in [4.69, 9.17) is 22.0 Å². The molecule has 3 unspecified atom stereocenters. The molecule has 0 aromatic rings. The lowest BCUT2D eigenvalue weighted by Gasteiger charge is -2.11. The zero-order valence-corrected chi connectivity index (χ0v) is 65.9. The minimum absolute atomic E-state index is 0.0975. The molecule has 0 spiro atoms. The van der Waals surface area contributed by atoms with Gasteiger partial charge < -0.3 is 15.6 Å². The molecule has 0 aromatic carbocycles. The van der Waals surface area contributed by atoms with Crippen LogP contribution in [0.5, 0.6) is 0 Å². The summed E-state index contributed by atoms with van der Waals surface area (Å²) in [6, 6.07) is 0. The maximum atomic E-state index is 7.88. The third kappa shape index (κ3) is 77.3. The predicted molar refractivity (Wildman–Crippen MR) is 477 cm³/mol. The first-order valence-corrected chi connectivity index (χ1v) is 34.7. The molecule has 0 bridgehead atoms. The number of rotatable bonds is 3. The zero-order chi connectivity index (χ0) is 84.9. The second-order valence-corrected chi connectivity index (χ2v) is 22.2. The van der Waals surface area contributed by atoms with E-state index in [1.807, 2.05) is 6.92 Å². The summed E-state index contributed by atoms with van der Waals surface area (Å²) in [7, 11) is 0. The smallest absolute Gasteiger partial charge is 0.119 e. The second kappa shape index (κ2) is 86.1. The van der Waals surface area contributed by atoms with E-state index in [1.165, 1.54) is 51.4 Å². The molecule has 3 aliphatic rings. The molecule has 522 valence electrons. The Kier molecular flexibility index (Phi) is 71.6. The number of ether oxygens (including phenoxy) is 1. The van der Waals surface area contributed by atoms with E-state index in [2.05, 4.69) is 582 Å². The first kappa shape index (κ1) is 98.2. The van der Waals surface area contributed by atoms with Crippen molar-refractivity contribution in [3.63, 3.8) is 0 Å². The molecule has 3 nitrogen and oxygen atoms in total. The van der Waals surface area contributed by atoms with Crippen molar-refractivity contribution in [3.05, 3.63) is 0 Å². The molecular weight excluding hydrogens is 1560 g/mol. The van der Waals surface area contributed by atoms with Crippen molar-refractivity contribution in [2.45, 2.75) is 93.8 Å². The van der Waals surface area contributed by atoms with Crippen molar-refractivity contribution in [2.75, 3.05) is 13.3 Å². The quantitative estimate of drug-likeness (QED) is 0.204. The van der Waals surface area contributed by atoms with Crippen molar-refractivity contribution in [1.29, 1.82) is 0 Å². The number of terminal acetylenes is 1. The van der Waals surface area contributed by atoms with Gasteiger partial charge >= 0.3 is 0 Å². The maximum absolute atomic E-state index is 7.88. The Hall–Kier alpha value is -19.8. The molecule has 3 aliphatic carbocycles. The van der Waals surface area contributed by atoms with Crippen LogP contribution in [0.1, 0.15) is 84.5 Å². The molecule has 0 amide bonds. The highest BCUT2D eigenvalue weighted by atomic mass is 79.9. The highest BCUT2D eigenvalue weighted by Crippen LogP contribution is 2.66. The number of nitrogens with two attached hydrogens (primary N) is 1. The van der Waals surface area contributed by atoms with Crippen LogP contribution < -0.4 is 5.73 Å². The van der Waals surface area contributed by atoms with Gasteiger partial charge in [0.1, 0.15) is 6.10 Å². The van der Waals surface area contributed by atoms with Crippen molar-refractivity contribution >= 4 is 31.9 Å². The lowest BCUT2D eigenvalue weighted by atomic mass is 10.1. The maximum Gasteiger partial charge on any atom is 0.119 e. The van der Waals surface area contributed by atoms with E-state index in [0.717, 1.165) is 31.1 Å². The van der Waals surface area contributed by atoms with Crippen molar-refractivity contribution in [1.82, 2.24) is 0 Å². The largest absolute Gasteiger partial charge is 0.396 e. The van der Waals surface area contributed by atoms with Crippen molar-refractivity contribution in [2.24, 2.45) is 17.6 Å². The summed E-state index contributed by atoms with van der Waals surface area (Å²) < 4.78 is 5.58. The predicted octanol–water partition coefficient (Wildman–Crippen LogP) is 6.12. The van der Waals surface area contributed by atoms with E-state index in [1.54, 1.807) is 6.92 Å². The van der Waals surface area contributed by atoms with Crippen molar-refractivity contribution < 1.29 is 9.84 Å². The normalized spacial score (nSPS) is 9.38. The fraction of sp³-hybridized carbons (Fsp3) is 0.168. The standard InChI is InChI=1S/C93H4.C9H15NO.C8H12Br2.C3H8O/c1-3-5-7-9-11-13-15-17-19-21-23-25-27-29-31-33-35-37-39-41-43-45-47-49-51-53-55-57-59-61-63-65-67-69-71-73-75-77-79-81-83-85-87-89-91-93-92-90-88-86-84-82-80-78-76-74-72-70-68-66-64-62-60-58-56-54-52-50-48-46-44-42-40-38-36-34-32-30-28-26-24-22-20-18-16-14-12-10-8-6-4-2;10-8-11-9-6-4-2-1-3-5-7-9;9-8(10)6-4-2-1-3-5-7(6)8;1-2-3-4/h1H,2H3;9H,1-4,6,8,10H2;6-7H,1-5H2;4H,2-3H2,1H3. The average Bonchev–Trinajstić information content (AvgIpc) is 1.58. The molecule has 0 saturated heterocycles. The molecule has 3 rings (SSSR count). The SMILES string of the molecule is BrC1(Br)C2CCCCCC21.C#CC#CC#CC#CC#CC#CC#CC#CC#CC#CC#CC#CC#CC#CC#CC#CC#CC#CC#CC#CC#CC#CC#CC#CC#CC#CC#CC#CC#CC#CC#CC#CC#CC#CC#CC#CC#CC#CC#CC#CC#CC#CC#CC#CC#CC#CC.CCCO.NCOC1C#CCCCCC1. The molecule has 5 heteroatoms. The minimum atomic E-state index is 0.0975. The summed E-state index contributed by atoms with van der Waals surface area (Å²) >= 11 is 7.46. The van der Waals surface area contributed by atoms with E-state index in [-0.39, 0.29) is 6.10 Å². The summed E-state index contributed by atoms with van der Waals surface area (Å²) in [6.45, 7) is 4.22. The minimum Gasteiger partial charge on any atom is -0.396 e. The molecule has 3 atom stereocenters. The molecule has 0 aromatic heterocycles. The summed E-state index contributed by atoms with van der Waals surface area (Å²) in [6.07, 6.45) is 18.9. The number of fused-ring (bicyclic) bond motifs is 1. The molecule has 0 radical (unpaired) electrons. The van der Waals surface area contributed by atoms with Crippen LogP contribution >= 0.6 is 31.9 Å². The van der Waals surface area contributed by atoms with Gasteiger partial charge in [-0.1, -0.05) is 76.3 Å². The third-order valence-corrected chi connectivity index (χ3v) is 13.0. The third-order valence-electron chi connectivity index (χ3n) is 10.6. The number of hydrogen-bond donors (Lipinski definition) is 2. The highest BCUT2D eigenvalue weighted by Gasteiger charge is 2.60. The van der Waals surface area contributed by atoms with E-state index < -0.39 is 0 Å². The van der Waals surface area contributed by atoms with Gasteiger partial charge in [-0.25, -0.2) is 0 Å². The Labute approximate surface area is 718 Å². The van der Waals surface area contributed by atoms with Gasteiger partial charge in [0.2, 0.25) is 0 Å².